The molecule has 4 heterocycles. The predicted molar refractivity (Wildman–Crippen MR) is 127 cm³/mol. The van der Waals surface area contributed by atoms with E-state index < -0.39 is 11.9 Å². The van der Waals surface area contributed by atoms with Gasteiger partial charge in [0, 0.05) is 37.1 Å². The number of fused-ring (bicyclic) bond motifs is 1. The Bertz CT molecular complexity index is 1200. The highest BCUT2D eigenvalue weighted by Crippen LogP contribution is 2.31. The molecular weight excluding hydrogens is 464 g/mol. The van der Waals surface area contributed by atoms with Crippen LogP contribution in [0.5, 0.6) is 5.75 Å². The SMILES string of the molecule is CC(C)c1cc(C(=O)N2CCCC[C@@H]2COc2ccc3c(c2)CN(C2CCC(=O)NC2=O)C3=O)no1. The monoisotopic (exact) mass is 494 g/mol. The molecule has 1 N–H and O–H groups in total. The first-order chi connectivity index (χ1) is 17.3. The lowest BCUT2D eigenvalue weighted by Crippen LogP contribution is -2.52. The molecule has 2 aromatic rings. The van der Waals surface area contributed by atoms with Gasteiger partial charge >= 0.3 is 0 Å². The van der Waals surface area contributed by atoms with E-state index in [1.807, 2.05) is 24.8 Å². The quantitative estimate of drug-likeness (QED) is 0.613. The first-order valence-corrected chi connectivity index (χ1v) is 12.5. The number of nitrogens with one attached hydrogen (secondary N) is 1. The molecule has 0 bridgehead atoms. The molecular formula is C26H30N4O6. The normalized spacial score (nSPS) is 22.1. The average molecular weight is 495 g/mol. The van der Waals surface area contributed by atoms with Crippen LogP contribution in [0.1, 0.15) is 84.0 Å². The van der Waals surface area contributed by atoms with Gasteiger partial charge in [-0.25, -0.2) is 0 Å². The Morgan fingerprint density at radius 1 is 1.19 bits per heavy atom. The third-order valence-electron chi connectivity index (χ3n) is 7.14. The molecule has 190 valence electrons. The van der Waals surface area contributed by atoms with Crippen molar-refractivity contribution in [2.75, 3.05) is 13.2 Å². The maximum absolute atomic E-state index is 13.1. The molecule has 36 heavy (non-hydrogen) atoms. The van der Waals surface area contributed by atoms with E-state index in [4.69, 9.17) is 9.26 Å². The highest BCUT2D eigenvalue weighted by molar-refractivity contribution is 6.05. The highest BCUT2D eigenvalue weighted by Gasteiger charge is 2.39. The first kappa shape index (κ1) is 24.0. The zero-order valence-corrected chi connectivity index (χ0v) is 20.5. The number of hydrogen-bond donors (Lipinski definition) is 1. The van der Waals surface area contributed by atoms with Crippen LogP contribution in [0.15, 0.2) is 28.8 Å². The molecule has 10 heteroatoms. The number of aromatic nitrogens is 1. The van der Waals surface area contributed by atoms with Crippen LogP contribution in [0, 0.1) is 0 Å². The lowest BCUT2D eigenvalue weighted by molar-refractivity contribution is -0.136. The number of likely N-dealkylation sites (tertiary alicyclic amines) is 1. The van der Waals surface area contributed by atoms with Crippen molar-refractivity contribution < 1.29 is 28.4 Å². The number of piperidine rings is 2. The van der Waals surface area contributed by atoms with E-state index in [2.05, 4.69) is 10.5 Å². The fourth-order valence-electron chi connectivity index (χ4n) is 5.08. The van der Waals surface area contributed by atoms with Crippen LogP contribution in [-0.2, 0) is 16.1 Å². The number of carbonyl (C=O) groups excluding carboxylic acids is 4. The predicted octanol–water partition coefficient (Wildman–Crippen LogP) is 2.63. The van der Waals surface area contributed by atoms with Gasteiger partial charge in [0.05, 0.1) is 6.04 Å². The molecule has 2 atom stereocenters. The fraction of sp³-hybridized carbons (Fsp3) is 0.500. The summed E-state index contributed by atoms with van der Waals surface area (Å²) in [6.07, 6.45) is 3.30. The molecule has 0 spiro atoms. The molecule has 3 aliphatic rings. The van der Waals surface area contributed by atoms with Crippen LogP contribution in [0.4, 0.5) is 0 Å². The van der Waals surface area contributed by atoms with Crippen molar-refractivity contribution in [1.82, 2.24) is 20.3 Å². The number of nitrogens with zero attached hydrogens (tertiary/aromatic N) is 3. The molecule has 2 fully saturated rings. The number of hydrogen-bond acceptors (Lipinski definition) is 7. The summed E-state index contributed by atoms with van der Waals surface area (Å²) >= 11 is 0. The minimum absolute atomic E-state index is 0.0969. The van der Waals surface area contributed by atoms with Crippen molar-refractivity contribution in [2.24, 2.45) is 0 Å². The zero-order chi connectivity index (χ0) is 25.4. The van der Waals surface area contributed by atoms with Crippen molar-refractivity contribution in [3.05, 3.63) is 46.8 Å². The van der Waals surface area contributed by atoms with Crippen LogP contribution in [0.25, 0.3) is 0 Å². The summed E-state index contributed by atoms with van der Waals surface area (Å²) in [6, 6.07) is 6.24. The number of carbonyl (C=O) groups is 4. The Morgan fingerprint density at radius 3 is 2.78 bits per heavy atom. The third-order valence-corrected chi connectivity index (χ3v) is 7.14. The lowest BCUT2D eigenvalue weighted by Gasteiger charge is -2.35. The number of rotatable bonds is 6. The second kappa shape index (κ2) is 9.75. The smallest absolute Gasteiger partial charge is 0.276 e. The van der Waals surface area contributed by atoms with Crippen LogP contribution >= 0.6 is 0 Å². The van der Waals surface area contributed by atoms with Gasteiger partial charge < -0.3 is 19.1 Å². The van der Waals surface area contributed by atoms with Crippen molar-refractivity contribution >= 4 is 23.6 Å². The molecule has 0 saturated carbocycles. The lowest BCUT2D eigenvalue weighted by atomic mass is 10.0. The van der Waals surface area contributed by atoms with Crippen LogP contribution in [-0.4, -0.2) is 63.8 Å². The summed E-state index contributed by atoms with van der Waals surface area (Å²) < 4.78 is 11.4. The minimum atomic E-state index is -0.651. The Labute approximate surface area is 208 Å². The van der Waals surface area contributed by atoms with E-state index in [0.29, 0.717) is 42.3 Å². The van der Waals surface area contributed by atoms with Gasteiger partial charge in [0.15, 0.2) is 5.69 Å². The largest absolute Gasteiger partial charge is 0.491 e. The van der Waals surface area contributed by atoms with E-state index in [9.17, 15) is 19.2 Å². The van der Waals surface area contributed by atoms with Gasteiger partial charge in [-0.3, -0.25) is 24.5 Å². The fourth-order valence-corrected chi connectivity index (χ4v) is 5.08. The van der Waals surface area contributed by atoms with Crippen LogP contribution in [0.2, 0.25) is 0 Å². The number of amides is 4. The van der Waals surface area contributed by atoms with Crippen molar-refractivity contribution in [1.29, 1.82) is 0 Å². The van der Waals surface area contributed by atoms with E-state index in [1.54, 1.807) is 18.2 Å². The van der Waals surface area contributed by atoms with Crippen molar-refractivity contribution in [3.8, 4) is 5.75 Å². The van der Waals surface area contributed by atoms with E-state index in [0.717, 1.165) is 24.8 Å². The Morgan fingerprint density at radius 2 is 2.03 bits per heavy atom. The van der Waals surface area contributed by atoms with Crippen molar-refractivity contribution in [3.63, 3.8) is 0 Å². The Balaban J connectivity index is 1.24. The molecule has 1 aromatic carbocycles. The van der Waals surface area contributed by atoms with Crippen molar-refractivity contribution in [2.45, 2.75) is 70.5 Å². The maximum atomic E-state index is 13.1. The summed E-state index contributed by atoms with van der Waals surface area (Å²) in [5, 5.41) is 6.29. The molecule has 1 aromatic heterocycles. The van der Waals surface area contributed by atoms with Gasteiger partial charge in [0.2, 0.25) is 11.8 Å². The molecule has 10 nitrogen and oxygen atoms in total. The molecule has 1 unspecified atom stereocenters. The summed E-state index contributed by atoms with van der Waals surface area (Å²) in [4.78, 5) is 53.1. The van der Waals surface area contributed by atoms with E-state index in [1.165, 1.54) is 4.90 Å². The van der Waals surface area contributed by atoms with Gasteiger partial charge in [0.1, 0.15) is 24.2 Å². The summed E-state index contributed by atoms with van der Waals surface area (Å²) in [7, 11) is 0. The van der Waals surface area contributed by atoms with Gasteiger partial charge in [-0.05, 0) is 49.4 Å². The number of imide groups is 1. The van der Waals surface area contributed by atoms with E-state index in [-0.39, 0.29) is 42.6 Å². The van der Waals surface area contributed by atoms with E-state index >= 15 is 0 Å². The highest BCUT2D eigenvalue weighted by atomic mass is 16.5. The topological polar surface area (TPSA) is 122 Å². The summed E-state index contributed by atoms with van der Waals surface area (Å²) in [5.74, 6) is 0.322. The maximum Gasteiger partial charge on any atom is 0.276 e. The van der Waals surface area contributed by atoms with Gasteiger partial charge in [0.25, 0.3) is 11.8 Å². The molecule has 4 amide bonds. The van der Waals surface area contributed by atoms with Gasteiger partial charge in [-0.1, -0.05) is 19.0 Å². The summed E-state index contributed by atoms with van der Waals surface area (Å²) in [5.41, 5.74) is 1.63. The van der Waals surface area contributed by atoms with Crippen LogP contribution < -0.4 is 10.1 Å². The standard InChI is InChI=1S/C26H30N4O6/c1-15(2)22-12-20(28-36-22)26(34)29-10-4-3-5-17(29)14-35-18-6-7-19-16(11-18)13-30(25(19)33)21-8-9-23(31)27-24(21)32/h6-7,11-12,15,17,21H,3-5,8-10,13-14H2,1-2H3,(H,27,31,32)/t17-,21?/m1/s1. The Kier molecular flexibility index (Phi) is 6.51. The van der Waals surface area contributed by atoms with Gasteiger partial charge in [-0.15, -0.1) is 0 Å². The number of benzene rings is 1. The summed E-state index contributed by atoms with van der Waals surface area (Å²) in [6.45, 7) is 5.22. The zero-order valence-electron chi connectivity index (χ0n) is 20.5. The molecule has 0 aliphatic carbocycles. The second-order valence-corrected chi connectivity index (χ2v) is 9.95. The van der Waals surface area contributed by atoms with Crippen LogP contribution in [0.3, 0.4) is 0 Å². The molecule has 3 aliphatic heterocycles. The molecule has 2 saturated heterocycles. The molecule has 5 rings (SSSR count). The number of ether oxygens (including phenoxy) is 1. The molecule has 0 radical (unpaired) electrons. The first-order valence-electron chi connectivity index (χ1n) is 12.5. The second-order valence-electron chi connectivity index (χ2n) is 9.95. The average Bonchev–Trinajstić information content (AvgIpc) is 3.48. The minimum Gasteiger partial charge on any atom is -0.491 e. The Hall–Kier alpha value is -3.69. The van der Waals surface area contributed by atoms with Gasteiger partial charge in [-0.2, -0.15) is 0 Å². The third kappa shape index (κ3) is 4.59.